The van der Waals surface area contributed by atoms with E-state index in [9.17, 15) is 14.4 Å². The van der Waals surface area contributed by atoms with E-state index in [1.54, 1.807) is 25.2 Å². The Morgan fingerprint density at radius 2 is 2.00 bits per heavy atom. The predicted octanol–water partition coefficient (Wildman–Crippen LogP) is 2.17. The summed E-state index contributed by atoms with van der Waals surface area (Å²) < 4.78 is 3.69. The lowest BCUT2D eigenvalue weighted by atomic mass is 10.2. The number of fused-ring (bicyclic) bond motifs is 1. The van der Waals surface area contributed by atoms with Crippen molar-refractivity contribution in [2.24, 2.45) is 0 Å². The first kappa shape index (κ1) is 18.9. The first-order chi connectivity index (χ1) is 12.9. The van der Waals surface area contributed by atoms with Crippen molar-refractivity contribution in [3.63, 3.8) is 0 Å². The van der Waals surface area contributed by atoms with E-state index in [0.717, 1.165) is 10.2 Å². The van der Waals surface area contributed by atoms with Crippen LogP contribution in [0, 0.1) is 0 Å². The van der Waals surface area contributed by atoms with E-state index in [0.29, 0.717) is 11.4 Å². The molecule has 9 heteroatoms. The fraction of sp³-hybridized carbons (Fsp3) is 0.333. The number of rotatable bonds is 5. The standard InChI is InChI=1S/C18H20ClN5O3/c1-4-8-22-17(26)14-15(20-3)24(11(2)25)21-16(14)23(18(22)27)10-12-6-5-7-13(19)9-12/h5-7,9,20H,4,8,10H2,1-3H3. The molecule has 0 saturated heterocycles. The van der Waals surface area contributed by atoms with Crippen LogP contribution >= 0.6 is 11.6 Å². The Balaban J connectivity index is 2.38. The molecule has 3 rings (SSSR count). The van der Waals surface area contributed by atoms with Gasteiger partial charge in [0.1, 0.15) is 11.2 Å². The Kier molecular flexibility index (Phi) is 5.18. The van der Waals surface area contributed by atoms with Crippen LogP contribution in [0.15, 0.2) is 33.9 Å². The molecule has 0 aliphatic heterocycles. The van der Waals surface area contributed by atoms with Crippen molar-refractivity contribution in [1.82, 2.24) is 18.9 Å². The molecular weight excluding hydrogens is 370 g/mol. The average molecular weight is 390 g/mol. The summed E-state index contributed by atoms with van der Waals surface area (Å²) in [6.07, 6.45) is 0.619. The number of hydrogen-bond acceptors (Lipinski definition) is 5. The highest BCUT2D eigenvalue weighted by Gasteiger charge is 2.23. The van der Waals surface area contributed by atoms with E-state index in [2.05, 4.69) is 10.4 Å². The molecular formula is C18H20ClN5O3. The zero-order valence-electron chi connectivity index (χ0n) is 15.3. The first-order valence-electron chi connectivity index (χ1n) is 8.58. The van der Waals surface area contributed by atoms with E-state index in [1.807, 2.05) is 13.0 Å². The predicted molar refractivity (Wildman–Crippen MR) is 105 cm³/mol. The number of carbonyl (C=O) groups is 1. The molecule has 2 aromatic heterocycles. The number of hydrogen-bond donors (Lipinski definition) is 1. The zero-order chi connectivity index (χ0) is 19.7. The zero-order valence-corrected chi connectivity index (χ0v) is 16.1. The molecule has 0 spiro atoms. The van der Waals surface area contributed by atoms with Gasteiger partial charge in [0.2, 0.25) is 5.91 Å². The lowest BCUT2D eigenvalue weighted by molar-refractivity contribution is 0.0924. The molecule has 0 amide bonds. The number of anilines is 1. The number of aromatic nitrogens is 4. The second-order valence-electron chi connectivity index (χ2n) is 6.18. The van der Waals surface area contributed by atoms with Crippen LogP contribution in [0.5, 0.6) is 0 Å². The Bertz CT molecular complexity index is 1140. The Morgan fingerprint density at radius 3 is 2.59 bits per heavy atom. The summed E-state index contributed by atoms with van der Waals surface area (Å²) in [5.41, 5.74) is 0.0223. The van der Waals surface area contributed by atoms with E-state index in [4.69, 9.17) is 11.6 Å². The lowest BCUT2D eigenvalue weighted by Crippen LogP contribution is -2.40. The van der Waals surface area contributed by atoms with Crippen LogP contribution in [0.4, 0.5) is 5.82 Å². The Hall–Kier alpha value is -2.87. The molecule has 1 aromatic carbocycles. The second kappa shape index (κ2) is 7.40. The van der Waals surface area contributed by atoms with Gasteiger partial charge in [-0.2, -0.15) is 4.68 Å². The van der Waals surface area contributed by atoms with Gasteiger partial charge < -0.3 is 5.32 Å². The molecule has 27 heavy (non-hydrogen) atoms. The molecule has 0 saturated carbocycles. The van der Waals surface area contributed by atoms with Gasteiger partial charge in [0.25, 0.3) is 5.56 Å². The maximum absolute atomic E-state index is 13.0. The van der Waals surface area contributed by atoms with E-state index >= 15 is 0 Å². The summed E-state index contributed by atoms with van der Waals surface area (Å²) >= 11 is 6.05. The highest BCUT2D eigenvalue weighted by atomic mass is 35.5. The van der Waals surface area contributed by atoms with Gasteiger partial charge in [0.05, 0.1) is 6.54 Å². The number of halogens is 1. The van der Waals surface area contributed by atoms with E-state index in [1.165, 1.54) is 16.1 Å². The van der Waals surface area contributed by atoms with Gasteiger partial charge in [0.15, 0.2) is 5.65 Å². The van der Waals surface area contributed by atoms with Gasteiger partial charge in [-0.3, -0.25) is 18.7 Å². The number of nitrogens with zero attached hydrogens (tertiary/aromatic N) is 4. The molecule has 0 bridgehead atoms. The van der Waals surface area contributed by atoms with Crippen molar-refractivity contribution in [2.75, 3.05) is 12.4 Å². The van der Waals surface area contributed by atoms with Crippen LogP contribution in [0.3, 0.4) is 0 Å². The monoisotopic (exact) mass is 389 g/mol. The SMILES string of the molecule is CCCn1c(=O)c2c(NC)n(C(C)=O)nc2n(Cc2cccc(Cl)c2)c1=O. The minimum Gasteiger partial charge on any atom is -0.372 e. The summed E-state index contributed by atoms with van der Waals surface area (Å²) in [5, 5.41) is 7.86. The van der Waals surface area contributed by atoms with Crippen molar-refractivity contribution >= 4 is 34.4 Å². The van der Waals surface area contributed by atoms with Gasteiger partial charge in [-0.05, 0) is 24.1 Å². The second-order valence-corrected chi connectivity index (χ2v) is 6.62. The molecule has 142 valence electrons. The fourth-order valence-corrected chi connectivity index (χ4v) is 3.30. The summed E-state index contributed by atoms with van der Waals surface area (Å²) in [4.78, 5) is 37.9. The van der Waals surface area contributed by atoms with Crippen molar-refractivity contribution in [2.45, 2.75) is 33.4 Å². The minimum atomic E-state index is -0.467. The normalized spacial score (nSPS) is 11.1. The summed E-state index contributed by atoms with van der Waals surface area (Å²) in [6, 6.07) is 7.11. The van der Waals surface area contributed by atoms with E-state index in [-0.39, 0.29) is 35.8 Å². The van der Waals surface area contributed by atoms with Crippen LogP contribution in [0.25, 0.3) is 11.0 Å². The maximum Gasteiger partial charge on any atom is 0.333 e. The summed E-state index contributed by atoms with van der Waals surface area (Å²) in [6.45, 7) is 3.68. The molecule has 0 unspecified atom stereocenters. The highest BCUT2D eigenvalue weighted by molar-refractivity contribution is 6.30. The molecule has 1 N–H and O–H groups in total. The summed E-state index contributed by atoms with van der Waals surface area (Å²) in [5.74, 6) is -0.0917. The van der Waals surface area contributed by atoms with Crippen LogP contribution in [0.2, 0.25) is 5.02 Å². The van der Waals surface area contributed by atoms with Crippen molar-refractivity contribution < 1.29 is 4.79 Å². The lowest BCUT2D eigenvalue weighted by Gasteiger charge is -2.11. The maximum atomic E-state index is 13.0. The van der Waals surface area contributed by atoms with Crippen molar-refractivity contribution in [3.8, 4) is 0 Å². The molecule has 0 aliphatic rings. The molecule has 8 nitrogen and oxygen atoms in total. The smallest absolute Gasteiger partial charge is 0.333 e. The third kappa shape index (κ3) is 3.28. The quantitative estimate of drug-likeness (QED) is 0.722. The van der Waals surface area contributed by atoms with Crippen LogP contribution in [0.1, 0.15) is 30.6 Å². The van der Waals surface area contributed by atoms with Crippen molar-refractivity contribution in [3.05, 3.63) is 55.7 Å². The molecule has 2 heterocycles. The average Bonchev–Trinajstić information content (AvgIpc) is 3.02. The highest BCUT2D eigenvalue weighted by Crippen LogP contribution is 2.20. The summed E-state index contributed by atoms with van der Waals surface area (Å²) in [7, 11) is 1.60. The van der Waals surface area contributed by atoms with Gasteiger partial charge in [-0.25, -0.2) is 4.79 Å². The van der Waals surface area contributed by atoms with Gasteiger partial charge in [-0.15, -0.1) is 5.10 Å². The molecule has 0 radical (unpaired) electrons. The van der Waals surface area contributed by atoms with Crippen LogP contribution in [-0.4, -0.2) is 31.9 Å². The van der Waals surface area contributed by atoms with E-state index < -0.39 is 11.2 Å². The number of benzene rings is 1. The minimum absolute atomic E-state index is 0.164. The van der Waals surface area contributed by atoms with Crippen molar-refractivity contribution in [1.29, 1.82) is 0 Å². The van der Waals surface area contributed by atoms with Crippen LogP contribution in [-0.2, 0) is 13.1 Å². The number of nitrogens with one attached hydrogen (secondary N) is 1. The Labute approximate surface area is 160 Å². The molecule has 0 aliphatic carbocycles. The van der Waals surface area contributed by atoms with Gasteiger partial charge in [0, 0.05) is 25.5 Å². The number of carbonyl (C=O) groups excluding carboxylic acids is 1. The third-order valence-corrected chi connectivity index (χ3v) is 4.49. The molecule has 0 fully saturated rings. The van der Waals surface area contributed by atoms with Gasteiger partial charge in [-0.1, -0.05) is 30.7 Å². The van der Waals surface area contributed by atoms with Crippen LogP contribution < -0.4 is 16.6 Å². The Morgan fingerprint density at radius 1 is 1.26 bits per heavy atom. The molecule has 0 atom stereocenters. The molecule has 3 aromatic rings. The topological polar surface area (TPSA) is 90.9 Å². The largest absolute Gasteiger partial charge is 0.372 e. The third-order valence-electron chi connectivity index (χ3n) is 4.26. The van der Waals surface area contributed by atoms with Gasteiger partial charge >= 0.3 is 5.69 Å². The fourth-order valence-electron chi connectivity index (χ4n) is 3.09. The first-order valence-corrected chi connectivity index (χ1v) is 8.96.